The number of hydrogen-bond acceptors (Lipinski definition) is 4. The number of nitriles is 1. The summed E-state index contributed by atoms with van der Waals surface area (Å²) in [5.74, 6) is 0.424. The molecule has 0 saturated heterocycles. The zero-order valence-electron chi connectivity index (χ0n) is 15.5. The van der Waals surface area contributed by atoms with Gasteiger partial charge in [-0.25, -0.2) is 0 Å². The summed E-state index contributed by atoms with van der Waals surface area (Å²) in [6.07, 6.45) is 8.51. The molecule has 1 aromatic heterocycles. The van der Waals surface area contributed by atoms with Crippen LogP contribution in [0.2, 0.25) is 0 Å². The van der Waals surface area contributed by atoms with E-state index in [2.05, 4.69) is 24.5 Å². The SMILES string of the molecule is C=C/C=C\C(=C)C(C)CC(=O)Nc1sc2c(c1C#N)CCC(COC)C2. The number of allylic oxidation sites excluding steroid dienone is 4. The third-order valence-electron chi connectivity index (χ3n) is 4.71. The molecule has 26 heavy (non-hydrogen) atoms. The maximum Gasteiger partial charge on any atom is 0.225 e. The molecule has 0 radical (unpaired) electrons. The van der Waals surface area contributed by atoms with E-state index in [0.717, 1.165) is 37.0 Å². The van der Waals surface area contributed by atoms with E-state index in [4.69, 9.17) is 4.74 Å². The molecule has 2 rings (SSSR count). The molecule has 1 aliphatic carbocycles. The Labute approximate surface area is 159 Å². The fourth-order valence-corrected chi connectivity index (χ4v) is 4.51. The van der Waals surface area contributed by atoms with Crippen LogP contribution in [0.5, 0.6) is 0 Å². The lowest BCUT2D eigenvalue weighted by molar-refractivity contribution is -0.116. The van der Waals surface area contributed by atoms with Gasteiger partial charge in [0.1, 0.15) is 11.1 Å². The van der Waals surface area contributed by atoms with Crippen molar-refractivity contribution >= 4 is 22.2 Å². The van der Waals surface area contributed by atoms with E-state index >= 15 is 0 Å². The topological polar surface area (TPSA) is 62.1 Å². The normalized spacial score (nSPS) is 17.3. The Kier molecular flexibility index (Phi) is 7.38. The number of amides is 1. The molecule has 0 aromatic carbocycles. The quantitative estimate of drug-likeness (QED) is 0.678. The number of carbonyl (C=O) groups excluding carboxylic acids is 1. The molecule has 4 nitrogen and oxygen atoms in total. The van der Waals surface area contributed by atoms with Crippen LogP contribution in [0.4, 0.5) is 5.00 Å². The number of thiophene rings is 1. The predicted molar refractivity (Wildman–Crippen MR) is 107 cm³/mol. The molecule has 0 bridgehead atoms. The maximum atomic E-state index is 12.4. The highest BCUT2D eigenvalue weighted by molar-refractivity contribution is 7.16. The number of ether oxygens (including phenoxy) is 1. The van der Waals surface area contributed by atoms with Crippen LogP contribution in [0.3, 0.4) is 0 Å². The summed E-state index contributed by atoms with van der Waals surface area (Å²) in [7, 11) is 1.72. The van der Waals surface area contributed by atoms with E-state index in [-0.39, 0.29) is 11.8 Å². The highest BCUT2D eigenvalue weighted by Gasteiger charge is 2.26. The highest BCUT2D eigenvalue weighted by Crippen LogP contribution is 2.39. The van der Waals surface area contributed by atoms with Crippen LogP contribution < -0.4 is 5.32 Å². The molecule has 1 N–H and O–H groups in total. The van der Waals surface area contributed by atoms with Gasteiger partial charge in [0, 0.05) is 25.0 Å². The van der Waals surface area contributed by atoms with Gasteiger partial charge in [-0.2, -0.15) is 5.26 Å². The Morgan fingerprint density at radius 3 is 3.00 bits per heavy atom. The third-order valence-corrected chi connectivity index (χ3v) is 5.88. The van der Waals surface area contributed by atoms with Gasteiger partial charge in [-0.05, 0) is 36.7 Å². The monoisotopic (exact) mass is 370 g/mol. The number of rotatable bonds is 8. The molecule has 138 valence electrons. The van der Waals surface area contributed by atoms with Crippen LogP contribution in [0.1, 0.15) is 35.8 Å². The molecule has 0 fully saturated rings. The molecule has 2 unspecified atom stereocenters. The van der Waals surface area contributed by atoms with Crippen molar-refractivity contribution in [3.05, 3.63) is 53.0 Å². The fourth-order valence-electron chi connectivity index (χ4n) is 3.18. The number of nitrogens with one attached hydrogen (secondary N) is 1. The second-order valence-corrected chi connectivity index (χ2v) is 7.81. The lowest BCUT2D eigenvalue weighted by Gasteiger charge is -2.21. The highest BCUT2D eigenvalue weighted by atomic mass is 32.1. The number of nitrogens with zero attached hydrogens (tertiary/aromatic N) is 1. The van der Waals surface area contributed by atoms with Crippen LogP contribution in [0, 0.1) is 23.2 Å². The van der Waals surface area contributed by atoms with Crippen molar-refractivity contribution in [2.24, 2.45) is 11.8 Å². The first-order valence-corrected chi connectivity index (χ1v) is 9.63. The Balaban J connectivity index is 2.07. The molecule has 1 heterocycles. The number of fused-ring (bicyclic) bond motifs is 1. The summed E-state index contributed by atoms with van der Waals surface area (Å²) in [6.45, 7) is 10.3. The van der Waals surface area contributed by atoms with Crippen molar-refractivity contribution in [3.63, 3.8) is 0 Å². The van der Waals surface area contributed by atoms with Crippen molar-refractivity contribution < 1.29 is 9.53 Å². The maximum absolute atomic E-state index is 12.4. The summed E-state index contributed by atoms with van der Waals surface area (Å²) in [6, 6.07) is 2.28. The van der Waals surface area contributed by atoms with Gasteiger partial charge in [0.2, 0.25) is 5.91 Å². The van der Waals surface area contributed by atoms with E-state index in [1.54, 1.807) is 13.2 Å². The van der Waals surface area contributed by atoms with Crippen molar-refractivity contribution in [1.82, 2.24) is 0 Å². The molecule has 1 aliphatic rings. The molecule has 0 aliphatic heterocycles. The standard InChI is InChI=1S/C21H26N2O2S/c1-5-6-7-14(2)15(3)10-20(24)23-21-18(12-22)17-9-8-16(13-25-4)11-19(17)26-21/h5-7,15-16H,1-2,8-11,13H2,3-4H3,(H,23,24)/b7-6-. The lowest BCUT2D eigenvalue weighted by Crippen LogP contribution is -2.17. The largest absolute Gasteiger partial charge is 0.384 e. The van der Waals surface area contributed by atoms with E-state index in [1.807, 2.05) is 19.1 Å². The van der Waals surface area contributed by atoms with Crippen LogP contribution in [-0.4, -0.2) is 19.6 Å². The summed E-state index contributed by atoms with van der Waals surface area (Å²) < 4.78 is 5.27. The Bertz CT molecular complexity index is 755. The smallest absolute Gasteiger partial charge is 0.225 e. The Morgan fingerprint density at radius 1 is 1.58 bits per heavy atom. The van der Waals surface area contributed by atoms with Crippen molar-refractivity contribution in [2.45, 2.75) is 32.6 Å². The van der Waals surface area contributed by atoms with Gasteiger partial charge in [0.25, 0.3) is 0 Å². The molecule has 1 amide bonds. The third kappa shape index (κ3) is 4.94. The van der Waals surface area contributed by atoms with Crippen LogP contribution in [-0.2, 0) is 22.4 Å². The zero-order chi connectivity index (χ0) is 19.1. The Hall–Kier alpha value is -2.16. The molecule has 0 saturated carbocycles. The minimum atomic E-state index is -0.0887. The van der Waals surface area contributed by atoms with Crippen LogP contribution in [0.15, 0.2) is 37.0 Å². The van der Waals surface area contributed by atoms with E-state index in [0.29, 0.717) is 22.9 Å². The fraction of sp³-hybridized carbons (Fsp3) is 0.429. The van der Waals surface area contributed by atoms with E-state index < -0.39 is 0 Å². The van der Waals surface area contributed by atoms with Gasteiger partial charge in [-0.1, -0.05) is 43.9 Å². The minimum Gasteiger partial charge on any atom is -0.384 e. The van der Waals surface area contributed by atoms with Gasteiger partial charge in [0.05, 0.1) is 5.56 Å². The molecular formula is C21H26N2O2S. The second kappa shape index (κ2) is 9.51. The molecule has 2 atom stereocenters. The zero-order valence-corrected chi connectivity index (χ0v) is 16.3. The van der Waals surface area contributed by atoms with Crippen molar-refractivity contribution in [2.75, 3.05) is 19.0 Å². The van der Waals surface area contributed by atoms with Crippen molar-refractivity contribution in [3.8, 4) is 6.07 Å². The molecule has 0 spiro atoms. The summed E-state index contributed by atoms with van der Waals surface area (Å²) >= 11 is 1.53. The van der Waals surface area contributed by atoms with Crippen molar-refractivity contribution in [1.29, 1.82) is 5.26 Å². The summed E-state index contributed by atoms with van der Waals surface area (Å²) in [5, 5.41) is 13.2. The molecule has 5 heteroatoms. The second-order valence-electron chi connectivity index (χ2n) is 6.71. The first-order valence-electron chi connectivity index (χ1n) is 8.81. The Morgan fingerprint density at radius 2 is 2.35 bits per heavy atom. The van der Waals surface area contributed by atoms with Gasteiger partial charge >= 0.3 is 0 Å². The van der Waals surface area contributed by atoms with Gasteiger partial charge < -0.3 is 10.1 Å². The predicted octanol–water partition coefficient (Wildman–Crippen LogP) is 4.63. The van der Waals surface area contributed by atoms with Crippen LogP contribution in [0.25, 0.3) is 0 Å². The first-order chi connectivity index (χ1) is 12.5. The van der Waals surface area contributed by atoms with Crippen LogP contribution >= 0.6 is 11.3 Å². The average molecular weight is 371 g/mol. The number of anilines is 1. The minimum absolute atomic E-state index is 0.0254. The average Bonchev–Trinajstić information content (AvgIpc) is 2.95. The molecular weight excluding hydrogens is 344 g/mol. The van der Waals surface area contributed by atoms with Gasteiger partial charge in [-0.3, -0.25) is 4.79 Å². The lowest BCUT2D eigenvalue weighted by atomic mass is 9.88. The van der Waals surface area contributed by atoms with E-state index in [9.17, 15) is 10.1 Å². The first kappa shape index (κ1) is 20.2. The summed E-state index contributed by atoms with van der Waals surface area (Å²) in [4.78, 5) is 13.6. The number of hydrogen-bond donors (Lipinski definition) is 1. The van der Waals surface area contributed by atoms with Gasteiger partial charge in [0.15, 0.2) is 0 Å². The summed E-state index contributed by atoms with van der Waals surface area (Å²) in [5.41, 5.74) is 2.62. The molecule has 1 aromatic rings. The van der Waals surface area contributed by atoms with E-state index in [1.165, 1.54) is 16.2 Å². The number of methoxy groups -OCH3 is 1. The van der Waals surface area contributed by atoms with Gasteiger partial charge in [-0.15, -0.1) is 11.3 Å². The number of carbonyl (C=O) groups is 1.